The summed E-state index contributed by atoms with van der Waals surface area (Å²) in [5.74, 6) is 0.870. The van der Waals surface area contributed by atoms with E-state index in [9.17, 15) is 4.79 Å². The second-order valence-corrected chi connectivity index (χ2v) is 7.49. The average Bonchev–Trinajstić information content (AvgIpc) is 2.79. The molecule has 0 aliphatic heterocycles. The van der Waals surface area contributed by atoms with Crippen molar-refractivity contribution in [2.45, 2.75) is 39.5 Å². The summed E-state index contributed by atoms with van der Waals surface area (Å²) in [7, 11) is 0. The molecular weight excluding hydrogens is 386 g/mol. The third kappa shape index (κ3) is 7.41. The number of aliphatic imine (C=N–C) groups is 1. The Hall–Kier alpha value is -3.40. The van der Waals surface area contributed by atoms with E-state index in [4.69, 9.17) is 9.47 Å². The van der Waals surface area contributed by atoms with Crippen LogP contribution in [0, 0.1) is 6.92 Å². The molecule has 0 aromatic heterocycles. The summed E-state index contributed by atoms with van der Waals surface area (Å²) in [6.07, 6.45) is 6.46. The van der Waals surface area contributed by atoms with Gasteiger partial charge in [0.15, 0.2) is 0 Å². The molecule has 3 rings (SSSR count). The van der Waals surface area contributed by atoms with Crippen molar-refractivity contribution in [2.75, 3.05) is 6.61 Å². The second kappa shape index (κ2) is 11.7. The maximum atomic E-state index is 12.4. The van der Waals surface area contributed by atoms with Crippen molar-refractivity contribution in [3.8, 4) is 11.5 Å². The van der Waals surface area contributed by atoms with Gasteiger partial charge in [0.25, 0.3) is 0 Å². The van der Waals surface area contributed by atoms with E-state index in [-0.39, 0.29) is 0 Å². The van der Waals surface area contributed by atoms with Gasteiger partial charge in [-0.2, -0.15) is 0 Å². The van der Waals surface area contributed by atoms with Gasteiger partial charge in [-0.15, -0.1) is 0 Å². The lowest BCUT2D eigenvalue weighted by atomic mass is 10.2. The van der Waals surface area contributed by atoms with Crippen LogP contribution in [0.1, 0.15) is 54.1 Å². The first kappa shape index (κ1) is 22.3. The zero-order chi connectivity index (χ0) is 21.9. The van der Waals surface area contributed by atoms with Gasteiger partial charge in [-0.05, 0) is 85.1 Å². The summed E-state index contributed by atoms with van der Waals surface area (Å²) in [4.78, 5) is 16.9. The highest BCUT2D eigenvalue weighted by atomic mass is 16.5. The van der Waals surface area contributed by atoms with Crippen molar-refractivity contribution in [3.63, 3.8) is 0 Å². The number of hydrogen-bond acceptors (Lipinski definition) is 4. The third-order valence-electron chi connectivity index (χ3n) is 4.81. The Morgan fingerprint density at radius 1 is 0.903 bits per heavy atom. The molecule has 0 heterocycles. The van der Waals surface area contributed by atoms with Crippen molar-refractivity contribution in [1.82, 2.24) is 0 Å². The summed E-state index contributed by atoms with van der Waals surface area (Å²) < 4.78 is 11.2. The van der Waals surface area contributed by atoms with Gasteiger partial charge in [-0.25, -0.2) is 4.79 Å². The Kier molecular flexibility index (Phi) is 8.41. The summed E-state index contributed by atoms with van der Waals surface area (Å²) in [6.45, 7) is 4.93. The Morgan fingerprint density at radius 2 is 1.65 bits per heavy atom. The first-order valence-electron chi connectivity index (χ1n) is 10.8. The summed E-state index contributed by atoms with van der Waals surface area (Å²) in [6, 6.07) is 22.4. The molecule has 0 spiro atoms. The number of carbonyl (C=O) groups is 1. The highest BCUT2D eigenvalue weighted by molar-refractivity contribution is 5.91. The number of esters is 1. The number of unbranched alkanes of at least 4 members (excludes halogenated alkanes) is 3. The minimum Gasteiger partial charge on any atom is -0.494 e. The lowest BCUT2D eigenvalue weighted by Gasteiger charge is -2.08. The summed E-state index contributed by atoms with van der Waals surface area (Å²) >= 11 is 0. The number of aryl methyl sites for hydroxylation is 1. The van der Waals surface area contributed by atoms with Crippen LogP contribution in [0.15, 0.2) is 77.8 Å². The smallest absolute Gasteiger partial charge is 0.343 e. The quantitative estimate of drug-likeness (QED) is 0.156. The van der Waals surface area contributed by atoms with Gasteiger partial charge in [0.1, 0.15) is 11.5 Å². The SMILES string of the molecule is CCCCCCOc1ccc(C(=O)Oc2ccc(C=Nc3cccc(C)c3)cc2)cc1. The molecule has 0 amide bonds. The van der Waals surface area contributed by atoms with Crippen molar-refractivity contribution in [2.24, 2.45) is 4.99 Å². The molecule has 4 nitrogen and oxygen atoms in total. The fourth-order valence-corrected chi connectivity index (χ4v) is 3.05. The molecule has 0 fully saturated rings. The molecule has 0 bridgehead atoms. The van der Waals surface area contributed by atoms with Crippen LogP contribution >= 0.6 is 0 Å². The van der Waals surface area contributed by atoms with Crippen LogP contribution in [0.25, 0.3) is 0 Å². The van der Waals surface area contributed by atoms with E-state index < -0.39 is 5.97 Å². The normalized spacial score (nSPS) is 10.9. The molecule has 160 valence electrons. The average molecular weight is 416 g/mol. The summed E-state index contributed by atoms with van der Waals surface area (Å²) in [5.41, 5.74) is 3.50. The van der Waals surface area contributed by atoms with Gasteiger partial charge < -0.3 is 9.47 Å². The molecule has 3 aromatic rings. The van der Waals surface area contributed by atoms with E-state index in [1.807, 2.05) is 43.3 Å². The maximum Gasteiger partial charge on any atom is 0.343 e. The van der Waals surface area contributed by atoms with Crippen LogP contribution in [0.5, 0.6) is 11.5 Å². The molecule has 31 heavy (non-hydrogen) atoms. The summed E-state index contributed by atoms with van der Waals surface area (Å²) in [5, 5.41) is 0. The molecule has 0 aliphatic rings. The van der Waals surface area contributed by atoms with E-state index in [2.05, 4.69) is 11.9 Å². The van der Waals surface area contributed by atoms with Gasteiger partial charge in [-0.1, -0.05) is 38.3 Å². The van der Waals surface area contributed by atoms with Gasteiger partial charge in [0.05, 0.1) is 17.9 Å². The monoisotopic (exact) mass is 415 g/mol. The zero-order valence-electron chi connectivity index (χ0n) is 18.2. The molecule has 0 N–H and O–H groups in total. The Bertz CT molecular complexity index is 992. The van der Waals surface area contributed by atoms with Crippen LogP contribution in [-0.4, -0.2) is 18.8 Å². The predicted molar refractivity (Wildman–Crippen MR) is 126 cm³/mol. The third-order valence-corrected chi connectivity index (χ3v) is 4.81. The van der Waals surface area contributed by atoms with Gasteiger partial charge in [-0.3, -0.25) is 4.99 Å². The van der Waals surface area contributed by atoms with Crippen LogP contribution in [0.4, 0.5) is 5.69 Å². The largest absolute Gasteiger partial charge is 0.494 e. The van der Waals surface area contributed by atoms with Gasteiger partial charge >= 0.3 is 5.97 Å². The van der Waals surface area contributed by atoms with Crippen LogP contribution < -0.4 is 9.47 Å². The molecule has 0 atom stereocenters. The highest BCUT2D eigenvalue weighted by Gasteiger charge is 2.09. The molecule has 0 unspecified atom stereocenters. The van der Waals surface area contributed by atoms with Crippen molar-refractivity contribution < 1.29 is 14.3 Å². The van der Waals surface area contributed by atoms with E-state index in [0.717, 1.165) is 23.4 Å². The number of rotatable bonds is 10. The van der Waals surface area contributed by atoms with Crippen molar-refractivity contribution >= 4 is 17.9 Å². The number of hydrogen-bond donors (Lipinski definition) is 0. The van der Waals surface area contributed by atoms with E-state index >= 15 is 0 Å². The van der Waals surface area contributed by atoms with Crippen LogP contribution in [0.2, 0.25) is 0 Å². The Morgan fingerprint density at radius 3 is 2.35 bits per heavy atom. The number of benzene rings is 3. The highest BCUT2D eigenvalue weighted by Crippen LogP contribution is 2.18. The molecule has 0 aliphatic carbocycles. The number of ether oxygens (including phenoxy) is 2. The molecule has 4 heteroatoms. The lowest BCUT2D eigenvalue weighted by Crippen LogP contribution is -2.08. The standard InChI is InChI=1S/C27H29NO3/c1-3-4-5-6-18-30-25-16-12-23(13-17-25)27(29)31-26-14-10-22(11-15-26)20-28-24-9-7-8-21(2)19-24/h7-17,19-20H,3-6,18H2,1-2H3. The van der Waals surface area contributed by atoms with Crippen molar-refractivity contribution in [3.05, 3.63) is 89.5 Å². The first-order valence-corrected chi connectivity index (χ1v) is 10.8. The zero-order valence-corrected chi connectivity index (χ0v) is 18.2. The Labute approximate surface area is 184 Å². The Balaban J connectivity index is 1.51. The molecule has 0 saturated heterocycles. The van der Waals surface area contributed by atoms with Crippen molar-refractivity contribution in [1.29, 1.82) is 0 Å². The lowest BCUT2D eigenvalue weighted by molar-refractivity contribution is 0.0734. The van der Waals surface area contributed by atoms with E-state index in [0.29, 0.717) is 17.9 Å². The second-order valence-electron chi connectivity index (χ2n) is 7.49. The van der Waals surface area contributed by atoms with E-state index in [1.165, 1.54) is 24.8 Å². The minimum absolute atomic E-state index is 0.393. The topological polar surface area (TPSA) is 47.9 Å². The molecule has 0 saturated carbocycles. The van der Waals surface area contributed by atoms with E-state index in [1.54, 1.807) is 42.6 Å². The van der Waals surface area contributed by atoms with Gasteiger partial charge in [0.2, 0.25) is 0 Å². The maximum absolute atomic E-state index is 12.4. The molecular formula is C27H29NO3. The number of nitrogens with zero attached hydrogens (tertiary/aromatic N) is 1. The van der Waals surface area contributed by atoms with Crippen LogP contribution in [-0.2, 0) is 0 Å². The first-order chi connectivity index (χ1) is 15.1. The minimum atomic E-state index is -0.393. The molecule has 0 radical (unpaired) electrons. The van der Waals surface area contributed by atoms with Crippen LogP contribution in [0.3, 0.4) is 0 Å². The fourth-order valence-electron chi connectivity index (χ4n) is 3.05. The number of carbonyl (C=O) groups excluding carboxylic acids is 1. The molecule has 3 aromatic carbocycles. The fraction of sp³-hybridized carbons (Fsp3) is 0.259. The van der Waals surface area contributed by atoms with Gasteiger partial charge in [0, 0.05) is 6.21 Å². The predicted octanol–water partition coefficient (Wildman–Crippen LogP) is 6.92.